The molecule has 0 nitrogen and oxygen atoms in total. The van der Waals surface area contributed by atoms with Crippen molar-refractivity contribution >= 4 is 11.6 Å². The molecule has 0 bridgehead atoms. The van der Waals surface area contributed by atoms with Crippen molar-refractivity contribution in [2.24, 2.45) is 0 Å². The molecule has 10 heavy (non-hydrogen) atoms. The van der Waals surface area contributed by atoms with Crippen LogP contribution in [0.3, 0.4) is 0 Å². The Labute approximate surface area is 80.7 Å². The quantitative estimate of drug-likeness (QED) is 0.638. The van der Waals surface area contributed by atoms with E-state index in [2.05, 4.69) is 6.08 Å². The second-order valence-corrected chi connectivity index (χ2v) is 2.77. The minimum atomic E-state index is 0. The number of hydrogen-bond acceptors (Lipinski definition) is 0. The van der Waals surface area contributed by atoms with Crippen molar-refractivity contribution in [2.75, 3.05) is 0 Å². The molecule has 59 valence electrons. The van der Waals surface area contributed by atoms with Crippen molar-refractivity contribution < 1.29 is 20.1 Å². The van der Waals surface area contributed by atoms with Gasteiger partial charge in [-0.05, 0) is 31.8 Å². The van der Waals surface area contributed by atoms with Crippen molar-refractivity contribution in [2.45, 2.75) is 25.7 Å². The smallest absolute Gasteiger partial charge is 0.0180 e. The van der Waals surface area contributed by atoms with E-state index in [1.807, 2.05) is 12.2 Å². The summed E-state index contributed by atoms with van der Waals surface area (Å²) in [6.45, 7) is 0. The summed E-state index contributed by atoms with van der Waals surface area (Å²) in [4.78, 5) is 0. The number of hydrogen-bond donors (Lipinski definition) is 0. The molecule has 0 saturated carbocycles. The first-order valence-corrected chi connectivity index (χ1v) is 3.78. The summed E-state index contributed by atoms with van der Waals surface area (Å²) in [5.41, 5.74) is 0. The summed E-state index contributed by atoms with van der Waals surface area (Å²) in [6.07, 6.45) is 11.0. The van der Waals surface area contributed by atoms with Crippen molar-refractivity contribution in [1.29, 1.82) is 0 Å². The number of halogens is 1. The molecule has 0 aromatic carbocycles. The molecule has 0 fully saturated rings. The number of allylic oxidation sites excluding steroid dienone is 4. The van der Waals surface area contributed by atoms with Gasteiger partial charge in [-0.3, -0.25) is 0 Å². The molecule has 0 heterocycles. The molecule has 0 aromatic rings. The van der Waals surface area contributed by atoms with E-state index in [4.69, 9.17) is 11.6 Å². The van der Waals surface area contributed by atoms with Gasteiger partial charge in [0.1, 0.15) is 0 Å². The fourth-order valence-corrected chi connectivity index (χ4v) is 1.11. The summed E-state index contributed by atoms with van der Waals surface area (Å²) in [5.74, 6) is 0. The van der Waals surface area contributed by atoms with Crippen molar-refractivity contribution in [1.82, 2.24) is 0 Å². The molecule has 0 atom stereocenters. The Kier molecular flexibility index (Phi) is 6.41. The van der Waals surface area contributed by atoms with Crippen molar-refractivity contribution in [3.05, 3.63) is 23.3 Å². The molecule has 0 aromatic heterocycles. The Morgan fingerprint density at radius 1 is 1.30 bits per heavy atom. The van der Waals surface area contributed by atoms with Gasteiger partial charge in [0.15, 0.2) is 0 Å². The van der Waals surface area contributed by atoms with Gasteiger partial charge in [-0.25, -0.2) is 0 Å². The summed E-state index contributed by atoms with van der Waals surface area (Å²) in [5, 5.41) is 0.992. The van der Waals surface area contributed by atoms with Crippen LogP contribution in [0.2, 0.25) is 0 Å². The van der Waals surface area contributed by atoms with Crippen LogP contribution >= 0.6 is 11.6 Å². The first-order valence-electron chi connectivity index (χ1n) is 3.41. The fraction of sp³-hybridized carbons (Fsp3) is 0.500. The zero-order valence-corrected chi connectivity index (χ0v) is 8.92. The van der Waals surface area contributed by atoms with Gasteiger partial charge in [0.2, 0.25) is 0 Å². The molecular weight excluding hydrogens is 324 g/mol. The van der Waals surface area contributed by atoms with Crippen LogP contribution in [0.15, 0.2) is 23.3 Å². The maximum atomic E-state index is 5.80. The van der Waals surface area contributed by atoms with Crippen LogP contribution in [-0.4, -0.2) is 0 Å². The Bertz CT molecular complexity index is 138. The van der Waals surface area contributed by atoms with E-state index in [0.29, 0.717) is 0 Å². The van der Waals surface area contributed by atoms with Gasteiger partial charge in [-0.15, -0.1) is 0 Å². The van der Waals surface area contributed by atoms with E-state index in [-0.39, 0.29) is 20.1 Å². The fourth-order valence-electron chi connectivity index (χ4n) is 0.908. The first kappa shape index (κ1) is 10.4. The average Bonchev–Trinajstić information content (AvgIpc) is 1.79. The van der Waals surface area contributed by atoms with Crippen LogP contribution in [0.1, 0.15) is 25.7 Å². The predicted octanol–water partition coefficient (Wildman–Crippen LogP) is 3.24. The minimum absolute atomic E-state index is 0. The third-order valence-corrected chi connectivity index (χ3v) is 1.76. The molecule has 1 aliphatic rings. The van der Waals surface area contributed by atoms with Gasteiger partial charge >= 0.3 is 0 Å². The Balaban J connectivity index is 0.000000810. The molecule has 0 amide bonds. The van der Waals surface area contributed by atoms with Crippen LogP contribution in [0.5, 0.6) is 0 Å². The molecule has 2 heteroatoms. The molecule has 0 unspecified atom stereocenters. The maximum Gasteiger partial charge on any atom is 0.0180 e. The summed E-state index contributed by atoms with van der Waals surface area (Å²) in [7, 11) is 0. The predicted molar refractivity (Wildman–Crippen MR) is 41.5 cm³/mol. The van der Waals surface area contributed by atoms with Crippen LogP contribution < -0.4 is 0 Å². The third-order valence-electron chi connectivity index (χ3n) is 1.45. The monoisotopic (exact) mass is 335 g/mol. The Hall–Kier alpha value is 0.419. The molecule has 1 radical (unpaired) electrons. The second kappa shape index (κ2) is 6.15. The SMILES string of the molecule is ClC1=CC=CCCCC1.[Ir]. The maximum absolute atomic E-state index is 5.80. The molecule has 1 aliphatic carbocycles. The van der Waals surface area contributed by atoms with Gasteiger partial charge in [0, 0.05) is 25.1 Å². The van der Waals surface area contributed by atoms with Crippen LogP contribution in [0, 0.1) is 0 Å². The summed E-state index contributed by atoms with van der Waals surface area (Å²) >= 11 is 5.80. The van der Waals surface area contributed by atoms with E-state index >= 15 is 0 Å². The van der Waals surface area contributed by atoms with Gasteiger partial charge < -0.3 is 0 Å². The molecule has 0 spiro atoms. The van der Waals surface area contributed by atoms with Gasteiger partial charge in [0.25, 0.3) is 0 Å². The molecule has 0 saturated heterocycles. The largest absolute Gasteiger partial charge is 0.0892 e. The summed E-state index contributed by atoms with van der Waals surface area (Å²) < 4.78 is 0. The van der Waals surface area contributed by atoms with Crippen molar-refractivity contribution in [3.63, 3.8) is 0 Å². The molecule has 0 aliphatic heterocycles. The van der Waals surface area contributed by atoms with Crippen LogP contribution in [0.4, 0.5) is 0 Å². The molecule has 0 N–H and O–H groups in total. The molecule has 1 rings (SSSR count). The van der Waals surface area contributed by atoms with Gasteiger partial charge in [-0.2, -0.15) is 0 Å². The Morgan fingerprint density at radius 3 is 2.90 bits per heavy atom. The Morgan fingerprint density at radius 2 is 2.10 bits per heavy atom. The average molecular weight is 335 g/mol. The zero-order chi connectivity index (χ0) is 6.53. The van der Waals surface area contributed by atoms with Crippen LogP contribution in [-0.2, 0) is 20.1 Å². The van der Waals surface area contributed by atoms with E-state index in [1.54, 1.807) is 0 Å². The van der Waals surface area contributed by atoms with E-state index in [1.165, 1.54) is 19.3 Å². The van der Waals surface area contributed by atoms with E-state index < -0.39 is 0 Å². The normalized spacial score (nSPS) is 18.3. The first-order chi connectivity index (χ1) is 4.39. The van der Waals surface area contributed by atoms with Gasteiger partial charge in [-0.1, -0.05) is 23.8 Å². The number of rotatable bonds is 0. The molecular formula is C8H11ClIr. The van der Waals surface area contributed by atoms with Crippen LogP contribution in [0.25, 0.3) is 0 Å². The zero-order valence-electron chi connectivity index (χ0n) is 5.77. The van der Waals surface area contributed by atoms with Gasteiger partial charge in [0.05, 0.1) is 0 Å². The standard InChI is InChI=1S/C8H11Cl.Ir/c9-8-6-4-2-1-3-5-7-8;/h2,4,6H,1,3,5,7H2;. The topological polar surface area (TPSA) is 0 Å². The van der Waals surface area contributed by atoms with E-state index in [0.717, 1.165) is 11.5 Å². The van der Waals surface area contributed by atoms with E-state index in [9.17, 15) is 0 Å². The summed E-state index contributed by atoms with van der Waals surface area (Å²) in [6, 6.07) is 0. The third kappa shape index (κ3) is 4.27. The second-order valence-electron chi connectivity index (χ2n) is 2.29. The van der Waals surface area contributed by atoms with Crippen molar-refractivity contribution in [3.8, 4) is 0 Å². The minimum Gasteiger partial charge on any atom is -0.0892 e.